The number of anilines is 1. The summed E-state index contributed by atoms with van der Waals surface area (Å²) in [7, 11) is 0. The van der Waals surface area contributed by atoms with Crippen LogP contribution in [0, 0.1) is 6.92 Å². The van der Waals surface area contributed by atoms with E-state index >= 15 is 0 Å². The Labute approximate surface area is 98.3 Å². The van der Waals surface area contributed by atoms with Crippen molar-refractivity contribution in [2.45, 2.75) is 6.92 Å². The normalized spacial score (nSPS) is 9.94. The van der Waals surface area contributed by atoms with E-state index in [0.29, 0.717) is 5.75 Å². The quantitative estimate of drug-likeness (QED) is 0.625. The number of para-hydroxylation sites is 1. The van der Waals surface area contributed by atoms with Gasteiger partial charge in [0.1, 0.15) is 11.6 Å². The van der Waals surface area contributed by atoms with E-state index in [1.165, 1.54) is 12.4 Å². The molecule has 2 rings (SSSR count). The maximum absolute atomic E-state index is 11.7. The van der Waals surface area contributed by atoms with Crippen LogP contribution in [0.3, 0.4) is 0 Å². The van der Waals surface area contributed by atoms with Crippen LogP contribution >= 0.6 is 0 Å². The molecule has 0 saturated heterocycles. The van der Waals surface area contributed by atoms with Gasteiger partial charge in [0.15, 0.2) is 5.69 Å². The van der Waals surface area contributed by atoms with Gasteiger partial charge in [0.25, 0.3) is 0 Å². The Balaban J connectivity index is 2.20. The van der Waals surface area contributed by atoms with Gasteiger partial charge in [-0.05, 0) is 18.6 Å². The molecule has 0 spiro atoms. The summed E-state index contributed by atoms with van der Waals surface area (Å²) in [5.41, 5.74) is 6.40. The van der Waals surface area contributed by atoms with Crippen molar-refractivity contribution in [1.29, 1.82) is 0 Å². The number of aromatic nitrogens is 2. The maximum Gasteiger partial charge on any atom is 0.364 e. The molecule has 2 aromatic rings. The van der Waals surface area contributed by atoms with Gasteiger partial charge in [-0.15, -0.1) is 0 Å². The Morgan fingerprint density at radius 3 is 2.76 bits per heavy atom. The topological polar surface area (TPSA) is 78.1 Å². The van der Waals surface area contributed by atoms with E-state index in [1.807, 2.05) is 19.1 Å². The van der Waals surface area contributed by atoms with Gasteiger partial charge in [0.05, 0.1) is 12.4 Å². The van der Waals surface area contributed by atoms with Crippen LogP contribution in [0.15, 0.2) is 36.7 Å². The number of rotatable bonds is 2. The summed E-state index contributed by atoms with van der Waals surface area (Å²) in [5.74, 6) is 0.116. The van der Waals surface area contributed by atoms with Crippen LogP contribution in [-0.4, -0.2) is 15.9 Å². The number of aryl methyl sites for hydroxylation is 1. The highest BCUT2D eigenvalue weighted by molar-refractivity contribution is 5.89. The largest absolute Gasteiger partial charge is 0.421 e. The molecule has 0 aliphatic heterocycles. The number of ether oxygens (including phenoxy) is 1. The Morgan fingerprint density at radius 1 is 1.29 bits per heavy atom. The van der Waals surface area contributed by atoms with Crippen molar-refractivity contribution < 1.29 is 9.53 Å². The summed E-state index contributed by atoms with van der Waals surface area (Å²) in [6, 6.07) is 7.23. The number of nitrogens with two attached hydrogens (primary N) is 1. The summed E-state index contributed by atoms with van der Waals surface area (Å²) in [6.07, 6.45) is 2.68. The van der Waals surface area contributed by atoms with Gasteiger partial charge in [-0.2, -0.15) is 0 Å². The zero-order valence-electron chi connectivity index (χ0n) is 9.25. The summed E-state index contributed by atoms with van der Waals surface area (Å²) in [6.45, 7) is 1.85. The number of carbonyl (C=O) groups is 1. The second-order valence-electron chi connectivity index (χ2n) is 3.48. The maximum atomic E-state index is 11.7. The Bertz CT molecular complexity index is 555. The summed E-state index contributed by atoms with van der Waals surface area (Å²) < 4.78 is 5.19. The third-order valence-electron chi connectivity index (χ3n) is 2.16. The number of hydrogen-bond acceptors (Lipinski definition) is 5. The molecule has 86 valence electrons. The minimum absolute atomic E-state index is 0.0910. The van der Waals surface area contributed by atoms with Gasteiger partial charge in [0.2, 0.25) is 0 Å². The molecule has 0 atom stereocenters. The number of nitrogens with zero attached hydrogens (tertiary/aromatic N) is 2. The number of benzene rings is 1. The highest BCUT2D eigenvalue weighted by atomic mass is 16.5. The van der Waals surface area contributed by atoms with Crippen molar-refractivity contribution in [3.05, 3.63) is 47.9 Å². The third kappa shape index (κ3) is 2.57. The minimum Gasteiger partial charge on any atom is -0.421 e. The van der Waals surface area contributed by atoms with Crippen LogP contribution in [0.25, 0.3) is 0 Å². The monoisotopic (exact) mass is 229 g/mol. The molecule has 2 N–H and O–H groups in total. The number of hydrogen-bond donors (Lipinski definition) is 1. The third-order valence-corrected chi connectivity index (χ3v) is 2.16. The standard InChI is InChI=1S/C12H11N3O2/c1-8-4-2-3-5-10(8)17-12(16)9-6-14-7-11(13)15-9/h2-7H,1H3,(H2,13,15). The molecular weight excluding hydrogens is 218 g/mol. The van der Waals surface area contributed by atoms with E-state index in [-0.39, 0.29) is 11.5 Å². The Morgan fingerprint density at radius 2 is 2.06 bits per heavy atom. The molecular formula is C12H11N3O2. The lowest BCUT2D eigenvalue weighted by atomic mass is 10.2. The second kappa shape index (κ2) is 4.61. The average Bonchev–Trinajstić information content (AvgIpc) is 2.32. The fourth-order valence-corrected chi connectivity index (χ4v) is 1.30. The zero-order valence-corrected chi connectivity index (χ0v) is 9.25. The van der Waals surface area contributed by atoms with Gasteiger partial charge >= 0.3 is 5.97 Å². The second-order valence-corrected chi connectivity index (χ2v) is 3.48. The molecule has 0 unspecified atom stereocenters. The number of esters is 1. The van der Waals surface area contributed by atoms with Crippen molar-refractivity contribution >= 4 is 11.8 Å². The zero-order chi connectivity index (χ0) is 12.3. The van der Waals surface area contributed by atoms with E-state index in [4.69, 9.17) is 10.5 Å². The van der Waals surface area contributed by atoms with Crippen LogP contribution in [0.1, 0.15) is 16.1 Å². The van der Waals surface area contributed by atoms with Crippen molar-refractivity contribution in [3.63, 3.8) is 0 Å². The molecule has 5 heteroatoms. The fourth-order valence-electron chi connectivity index (χ4n) is 1.30. The predicted octanol–water partition coefficient (Wildman–Crippen LogP) is 1.59. The Hall–Kier alpha value is -2.43. The molecule has 0 radical (unpaired) electrons. The molecule has 0 fully saturated rings. The molecule has 0 bridgehead atoms. The Kier molecular flexibility index (Phi) is 3.00. The first kappa shape index (κ1) is 11.1. The molecule has 1 aromatic heterocycles. The highest BCUT2D eigenvalue weighted by Gasteiger charge is 2.12. The molecule has 0 saturated carbocycles. The van der Waals surface area contributed by atoms with Gasteiger partial charge in [-0.25, -0.2) is 9.78 Å². The lowest BCUT2D eigenvalue weighted by molar-refractivity contribution is 0.0727. The van der Waals surface area contributed by atoms with Gasteiger partial charge in [0, 0.05) is 0 Å². The van der Waals surface area contributed by atoms with Crippen LogP contribution in [0.4, 0.5) is 5.82 Å². The van der Waals surface area contributed by atoms with Crippen LogP contribution in [-0.2, 0) is 0 Å². The molecule has 0 aliphatic carbocycles. The fraction of sp³-hybridized carbons (Fsp3) is 0.0833. The van der Waals surface area contributed by atoms with Crippen LogP contribution < -0.4 is 10.5 Å². The molecule has 1 heterocycles. The van der Waals surface area contributed by atoms with Gasteiger partial charge < -0.3 is 10.5 Å². The predicted molar refractivity (Wildman–Crippen MR) is 62.6 cm³/mol. The first-order valence-electron chi connectivity index (χ1n) is 5.02. The van der Waals surface area contributed by atoms with Crippen molar-refractivity contribution in [1.82, 2.24) is 9.97 Å². The van der Waals surface area contributed by atoms with Crippen LogP contribution in [0.2, 0.25) is 0 Å². The lowest BCUT2D eigenvalue weighted by Gasteiger charge is -2.06. The number of nitrogen functional groups attached to an aromatic ring is 1. The van der Waals surface area contributed by atoms with E-state index in [2.05, 4.69) is 9.97 Å². The first-order valence-corrected chi connectivity index (χ1v) is 5.02. The van der Waals surface area contributed by atoms with Gasteiger partial charge in [-0.3, -0.25) is 4.98 Å². The van der Waals surface area contributed by atoms with Gasteiger partial charge in [-0.1, -0.05) is 18.2 Å². The van der Waals surface area contributed by atoms with Crippen molar-refractivity contribution in [3.8, 4) is 5.75 Å². The van der Waals surface area contributed by atoms with E-state index in [1.54, 1.807) is 12.1 Å². The van der Waals surface area contributed by atoms with E-state index in [0.717, 1.165) is 5.56 Å². The smallest absolute Gasteiger partial charge is 0.364 e. The molecule has 0 amide bonds. The van der Waals surface area contributed by atoms with Crippen LogP contribution in [0.5, 0.6) is 5.75 Å². The number of carbonyl (C=O) groups excluding carboxylic acids is 1. The lowest BCUT2D eigenvalue weighted by Crippen LogP contribution is -2.12. The van der Waals surface area contributed by atoms with E-state index in [9.17, 15) is 4.79 Å². The summed E-state index contributed by atoms with van der Waals surface area (Å²) in [4.78, 5) is 19.4. The molecule has 17 heavy (non-hydrogen) atoms. The summed E-state index contributed by atoms with van der Waals surface area (Å²) >= 11 is 0. The molecule has 0 aliphatic rings. The SMILES string of the molecule is Cc1ccccc1OC(=O)c1cncc(N)n1. The van der Waals surface area contributed by atoms with E-state index < -0.39 is 5.97 Å². The highest BCUT2D eigenvalue weighted by Crippen LogP contribution is 2.17. The van der Waals surface area contributed by atoms with Crippen molar-refractivity contribution in [2.75, 3.05) is 5.73 Å². The average molecular weight is 229 g/mol. The molecule has 5 nitrogen and oxygen atoms in total. The first-order chi connectivity index (χ1) is 8.16. The minimum atomic E-state index is -0.570. The van der Waals surface area contributed by atoms with Crippen molar-refractivity contribution in [2.24, 2.45) is 0 Å². The summed E-state index contributed by atoms with van der Waals surface area (Å²) in [5, 5.41) is 0. The molecule has 1 aromatic carbocycles.